The van der Waals surface area contributed by atoms with Gasteiger partial charge in [0.15, 0.2) is 0 Å². The second-order valence-electron chi connectivity index (χ2n) is 5.95. The fourth-order valence-electron chi connectivity index (χ4n) is 3.25. The van der Waals surface area contributed by atoms with E-state index in [0.717, 1.165) is 17.8 Å². The quantitative estimate of drug-likeness (QED) is 0.752. The highest BCUT2D eigenvalue weighted by Gasteiger charge is 2.32. The number of hydrogen-bond donors (Lipinski definition) is 1. The Morgan fingerprint density at radius 3 is 2.88 bits per heavy atom. The number of benzene rings is 1. The van der Waals surface area contributed by atoms with Gasteiger partial charge in [0.05, 0.1) is 0 Å². The third-order valence-electron chi connectivity index (χ3n) is 4.38. The van der Waals surface area contributed by atoms with Crippen molar-refractivity contribution in [3.8, 4) is 0 Å². The van der Waals surface area contributed by atoms with E-state index in [1.54, 1.807) is 18.3 Å². The summed E-state index contributed by atoms with van der Waals surface area (Å²) in [6, 6.07) is 14.8. The lowest BCUT2D eigenvalue weighted by Crippen LogP contribution is -2.44. The molecule has 4 rings (SSSR count). The van der Waals surface area contributed by atoms with Gasteiger partial charge in [-0.05, 0) is 42.0 Å². The Bertz CT molecular complexity index is 893. The van der Waals surface area contributed by atoms with E-state index in [-0.39, 0.29) is 12.1 Å². The molecular weight excluding hydrogens is 336 g/mol. The molecule has 126 valence electrons. The average Bonchev–Trinajstić information content (AvgIpc) is 3.10. The van der Waals surface area contributed by atoms with Crippen LogP contribution < -0.4 is 5.32 Å². The first-order valence-corrected chi connectivity index (χ1v) is 8.48. The minimum atomic E-state index is -0.170. The Hall–Kier alpha value is -2.79. The fourth-order valence-corrected chi connectivity index (χ4v) is 3.44. The highest BCUT2D eigenvalue weighted by Crippen LogP contribution is 2.32. The first-order chi connectivity index (χ1) is 12.2. The Kier molecular flexibility index (Phi) is 4.15. The van der Waals surface area contributed by atoms with Crippen LogP contribution in [-0.4, -0.2) is 27.0 Å². The SMILES string of the molecule is O=C(Nc1cccc(Cl)c1)N1CCn2cccc2C1c1cccnc1. The van der Waals surface area contributed by atoms with Crippen molar-refractivity contribution in [1.82, 2.24) is 14.5 Å². The van der Waals surface area contributed by atoms with E-state index in [1.165, 1.54) is 0 Å². The highest BCUT2D eigenvalue weighted by molar-refractivity contribution is 6.30. The number of hydrogen-bond acceptors (Lipinski definition) is 2. The largest absolute Gasteiger partial charge is 0.348 e. The fraction of sp³-hybridized carbons (Fsp3) is 0.158. The zero-order chi connectivity index (χ0) is 17.2. The number of rotatable bonds is 2. The van der Waals surface area contributed by atoms with Crippen LogP contribution in [0.4, 0.5) is 10.5 Å². The zero-order valence-electron chi connectivity index (χ0n) is 13.5. The Morgan fingerprint density at radius 1 is 1.16 bits per heavy atom. The van der Waals surface area contributed by atoms with Gasteiger partial charge in [0.1, 0.15) is 6.04 Å². The summed E-state index contributed by atoms with van der Waals surface area (Å²) in [5.74, 6) is 0. The molecule has 0 saturated heterocycles. The summed E-state index contributed by atoms with van der Waals surface area (Å²) in [5, 5.41) is 3.54. The van der Waals surface area contributed by atoms with Crippen molar-refractivity contribution in [2.75, 3.05) is 11.9 Å². The molecule has 0 aliphatic carbocycles. The molecule has 1 N–H and O–H groups in total. The van der Waals surface area contributed by atoms with E-state index < -0.39 is 0 Å². The van der Waals surface area contributed by atoms with Crippen molar-refractivity contribution in [3.63, 3.8) is 0 Å². The van der Waals surface area contributed by atoms with Crippen LogP contribution in [0.15, 0.2) is 67.1 Å². The molecular formula is C19H17ClN4O. The molecule has 2 aromatic heterocycles. The number of carbonyl (C=O) groups excluding carboxylic acids is 1. The molecule has 5 nitrogen and oxygen atoms in total. The molecule has 1 unspecified atom stereocenters. The van der Waals surface area contributed by atoms with Crippen molar-refractivity contribution in [1.29, 1.82) is 0 Å². The van der Waals surface area contributed by atoms with Crippen molar-refractivity contribution in [2.45, 2.75) is 12.6 Å². The third kappa shape index (κ3) is 3.10. The maximum absolute atomic E-state index is 12.9. The van der Waals surface area contributed by atoms with E-state index in [2.05, 4.69) is 20.9 Å². The first-order valence-electron chi connectivity index (χ1n) is 8.10. The van der Waals surface area contributed by atoms with Gasteiger partial charge in [-0.2, -0.15) is 0 Å². The van der Waals surface area contributed by atoms with Gasteiger partial charge in [-0.1, -0.05) is 23.7 Å². The lowest BCUT2D eigenvalue weighted by Gasteiger charge is -2.37. The summed E-state index contributed by atoms with van der Waals surface area (Å²) in [5.41, 5.74) is 2.76. The lowest BCUT2D eigenvalue weighted by atomic mass is 10.0. The predicted molar refractivity (Wildman–Crippen MR) is 97.7 cm³/mol. The summed E-state index contributed by atoms with van der Waals surface area (Å²) in [4.78, 5) is 19.0. The summed E-state index contributed by atoms with van der Waals surface area (Å²) >= 11 is 6.01. The molecule has 6 heteroatoms. The molecule has 2 amide bonds. The highest BCUT2D eigenvalue weighted by atomic mass is 35.5. The van der Waals surface area contributed by atoms with Gasteiger partial charge in [-0.25, -0.2) is 4.79 Å². The van der Waals surface area contributed by atoms with Crippen molar-refractivity contribution in [3.05, 3.63) is 83.4 Å². The Labute approximate surface area is 150 Å². The summed E-state index contributed by atoms with van der Waals surface area (Å²) in [6.45, 7) is 1.38. The number of pyridine rings is 1. The minimum Gasteiger partial charge on any atom is -0.348 e. The summed E-state index contributed by atoms with van der Waals surface area (Å²) in [6.07, 6.45) is 5.60. The monoisotopic (exact) mass is 352 g/mol. The molecule has 0 fully saturated rings. The van der Waals surface area contributed by atoms with Crippen LogP contribution in [0, 0.1) is 0 Å². The molecule has 0 spiro atoms. The number of halogens is 1. The molecule has 1 aliphatic rings. The van der Waals surface area contributed by atoms with Gasteiger partial charge in [-0.15, -0.1) is 0 Å². The average molecular weight is 353 g/mol. The lowest BCUT2D eigenvalue weighted by molar-refractivity contribution is 0.181. The van der Waals surface area contributed by atoms with E-state index in [4.69, 9.17) is 11.6 Å². The zero-order valence-corrected chi connectivity index (χ0v) is 14.2. The third-order valence-corrected chi connectivity index (χ3v) is 4.61. The first kappa shape index (κ1) is 15.7. The van der Waals surface area contributed by atoms with Gasteiger partial charge in [0.2, 0.25) is 0 Å². The second-order valence-corrected chi connectivity index (χ2v) is 6.39. The number of amides is 2. The van der Waals surface area contributed by atoms with Crippen LogP contribution in [0.25, 0.3) is 0 Å². The van der Waals surface area contributed by atoms with Crippen molar-refractivity contribution in [2.24, 2.45) is 0 Å². The van der Waals surface area contributed by atoms with E-state index >= 15 is 0 Å². The molecule has 0 bridgehead atoms. The summed E-state index contributed by atoms with van der Waals surface area (Å²) in [7, 11) is 0. The van der Waals surface area contributed by atoms with E-state index in [9.17, 15) is 4.79 Å². The standard InChI is InChI=1S/C19H17ClN4O/c20-15-5-1-6-16(12-15)22-19(25)24-11-10-23-9-3-7-17(23)18(24)14-4-2-8-21-13-14/h1-9,12-13,18H,10-11H2,(H,22,25). The smallest absolute Gasteiger partial charge is 0.322 e. The van der Waals surface area contributed by atoms with E-state index in [0.29, 0.717) is 17.3 Å². The number of fused-ring (bicyclic) bond motifs is 1. The van der Waals surface area contributed by atoms with E-state index in [1.807, 2.05) is 47.6 Å². The van der Waals surface area contributed by atoms with Crippen LogP contribution in [0.3, 0.4) is 0 Å². The molecule has 0 radical (unpaired) electrons. The maximum Gasteiger partial charge on any atom is 0.322 e. The van der Waals surface area contributed by atoms with Gasteiger partial charge >= 0.3 is 6.03 Å². The van der Waals surface area contributed by atoms with Crippen LogP contribution in [-0.2, 0) is 6.54 Å². The van der Waals surface area contributed by atoms with Crippen LogP contribution in [0.2, 0.25) is 5.02 Å². The van der Waals surface area contributed by atoms with Crippen molar-refractivity contribution >= 4 is 23.3 Å². The van der Waals surface area contributed by atoms with Gasteiger partial charge in [0.25, 0.3) is 0 Å². The Morgan fingerprint density at radius 2 is 2.08 bits per heavy atom. The van der Waals surface area contributed by atoms with Gasteiger partial charge in [0, 0.05) is 48.1 Å². The number of urea groups is 1. The summed E-state index contributed by atoms with van der Waals surface area (Å²) < 4.78 is 2.18. The molecule has 0 saturated carbocycles. The predicted octanol–water partition coefficient (Wildman–Crippen LogP) is 4.17. The molecule has 1 aliphatic heterocycles. The maximum atomic E-state index is 12.9. The second kappa shape index (κ2) is 6.61. The number of aromatic nitrogens is 2. The number of carbonyl (C=O) groups is 1. The van der Waals surface area contributed by atoms with Gasteiger partial charge < -0.3 is 14.8 Å². The van der Waals surface area contributed by atoms with Crippen LogP contribution in [0.5, 0.6) is 0 Å². The molecule has 25 heavy (non-hydrogen) atoms. The van der Waals surface area contributed by atoms with Crippen LogP contribution in [0.1, 0.15) is 17.3 Å². The molecule has 3 heterocycles. The van der Waals surface area contributed by atoms with Gasteiger partial charge in [-0.3, -0.25) is 4.98 Å². The topological polar surface area (TPSA) is 50.2 Å². The molecule has 3 aromatic rings. The number of anilines is 1. The number of nitrogens with zero attached hydrogens (tertiary/aromatic N) is 3. The molecule has 1 atom stereocenters. The van der Waals surface area contributed by atoms with Crippen LogP contribution >= 0.6 is 11.6 Å². The number of nitrogens with one attached hydrogen (secondary N) is 1. The minimum absolute atomic E-state index is 0.149. The molecule has 1 aromatic carbocycles. The van der Waals surface area contributed by atoms with Crippen molar-refractivity contribution < 1.29 is 4.79 Å². The Balaban J connectivity index is 1.66. The normalized spacial score (nSPS) is 16.4.